The van der Waals surface area contributed by atoms with E-state index >= 15 is 0 Å². The minimum Gasteiger partial charge on any atom is -0.482 e. The topological polar surface area (TPSA) is 99.7 Å². The normalized spacial score (nSPS) is 10.4. The van der Waals surface area contributed by atoms with E-state index in [0.29, 0.717) is 23.6 Å². The van der Waals surface area contributed by atoms with E-state index in [2.05, 4.69) is 4.98 Å². The third-order valence-electron chi connectivity index (χ3n) is 3.63. The van der Waals surface area contributed by atoms with Gasteiger partial charge in [-0.15, -0.1) is 0 Å². The molecule has 7 nitrogen and oxygen atoms in total. The van der Waals surface area contributed by atoms with Crippen LogP contribution in [0.25, 0.3) is 0 Å². The number of carbonyl (C=O) groups excluding carboxylic acids is 1. The SMILES string of the molecule is Cc1cc(C)c(C(=O)N(C)Cc2ccc(OCC(=O)O)cc2)c(=O)[nH]1. The molecule has 0 radical (unpaired) electrons. The molecule has 132 valence electrons. The number of hydrogen-bond acceptors (Lipinski definition) is 4. The van der Waals surface area contributed by atoms with Crippen LogP contribution in [0.1, 0.15) is 27.2 Å². The summed E-state index contributed by atoms with van der Waals surface area (Å²) in [6.45, 7) is 3.40. The first kappa shape index (κ1) is 18.3. The summed E-state index contributed by atoms with van der Waals surface area (Å²) in [6, 6.07) is 8.53. The van der Waals surface area contributed by atoms with Gasteiger partial charge in [-0.3, -0.25) is 9.59 Å². The van der Waals surface area contributed by atoms with Crippen LogP contribution in [-0.2, 0) is 11.3 Å². The molecule has 0 saturated carbocycles. The fraction of sp³-hybridized carbons (Fsp3) is 0.278. The fourth-order valence-electron chi connectivity index (χ4n) is 2.49. The van der Waals surface area contributed by atoms with Crippen LogP contribution in [0.3, 0.4) is 0 Å². The van der Waals surface area contributed by atoms with Gasteiger partial charge in [0.15, 0.2) is 6.61 Å². The number of H-pyrrole nitrogens is 1. The number of nitrogens with one attached hydrogen (secondary N) is 1. The van der Waals surface area contributed by atoms with Gasteiger partial charge in [-0.2, -0.15) is 0 Å². The number of benzene rings is 1. The van der Waals surface area contributed by atoms with Gasteiger partial charge in [-0.1, -0.05) is 12.1 Å². The predicted octanol–water partition coefficient (Wildman–Crippen LogP) is 1.73. The van der Waals surface area contributed by atoms with Gasteiger partial charge < -0.3 is 19.7 Å². The number of aliphatic carboxylic acids is 1. The molecule has 0 spiro atoms. The van der Waals surface area contributed by atoms with Gasteiger partial charge in [0, 0.05) is 19.3 Å². The van der Waals surface area contributed by atoms with Gasteiger partial charge >= 0.3 is 5.97 Å². The monoisotopic (exact) mass is 344 g/mol. The largest absolute Gasteiger partial charge is 0.482 e. The van der Waals surface area contributed by atoms with E-state index < -0.39 is 18.1 Å². The van der Waals surface area contributed by atoms with Crippen LogP contribution < -0.4 is 10.3 Å². The molecule has 1 heterocycles. The summed E-state index contributed by atoms with van der Waals surface area (Å²) < 4.78 is 5.06. The molecule has 0 fully saturated rings. The van der Waals surface area contributed by atoms with Crippen LogP contribution in [0.4, 0.5) is 0 Å². The summed E-state index contributed by atoms with van der Waals surface area (Å²) in [6.07, 6.45) is 0. The quantitative estimate of drug-likeness (QED) is 0.831. The van der Waals surface area contributed by atoms with Crippen molar-refractivity contribution in [3.05, 3.63) is 63.1 Å². The number of aryl methyl sites for hydroxylation is 2. The summed E-state index contributed by atoms with van der Waals surface area (Å²) in [4.78, 5) is 39.2. The Labute approximate surface area is 144 Å². The highest BCUT2D eigenvalue weighted by Crippen LogP contribution is 2.14. The van der Waals surface area contributed by atoms with Crippen molar-refractivity contribution in [2.75, 3.05) is 13.7 Å². The highest BCUT2D eigenvalue weighted by atomic mass is 16.5. The lowest BCUT2D eigenvalue weighted by Gasteiger charge is -2.18. The standard InChI is InChI=1S/C18H20N2O5/c1-11-8-12(2)19-17(23)16(11)18(24)20(3)9-13-4-6-14(7-5-13)25-10-15(21)22/h4-8H,9-10H2,1-3H3,(H,19,23)(H,21,22). The number of carbonyl (C=O) groups is 2. The molecular weight excluding hydrogens is 324 g/mol. The lowest BCUT2D eigenvalue weighted by Crippen LogP contribution is -2.32. The molecule has 2 aromatic rings. The molecular formula is C18H20N2O5. The van der Waals surface area contributed by atoms with Crippen LogP contribution in [0, 0.1) is 13.8 Å². The molecule has 2 N–H and O–H groups in total. The van der Waals surface area contributed by atoms with Crippen molar-refractivity contribution in [1.82, 2.24) is 9.88 Å². The molecule has 1 aromatic heterocycles. The zero-order chi connectivity index (χ0) is 18.6. The van der Waals surface area contributed by atoms with E-state index in [4.69, 9.17) is 9.84 Å². The zero-order valence-electron chi connectivity index (χ0n) is 14.3. The van der Waals surface area contributed by atoms with Gasteiger partial charge in [0.1, 0.15) is 11.3 Å². The molecule has 0 unspecified atom stereocenters. The maximum absolute atomic E-state index is 12.6. The van der Waals surface area contributed by atoms with Gasteiger partial charge in [0.2, 0.25) is 0 Å². The number of pyridine rings is 1. The van der Waals surface area contributed by atoms with E-state index in [-0.39, 0.29) is 11.5 Å². The average molecular weight is 344 g/mol. The maximum Gasteiger partial charge on any atom is 0.341 e. The number of nitrogens with zero attached hydrogens (tertiary/aromatic N) is 1. The number of hydrogen-bond donors (Lipinski definition) is 2. The zero-order valence-corrected chi connectivity index (χ0v) is 14.3. The summed E-state index contributed by atoms with van der Waals surface area (Å²) in [5, 5.41) is 8.58. The Hall–Kier alpha value is -3.09. The van der Waals surface area contributed by atoms with Gasteiger partial charge in [0.05, 0.1) is 0 Å². The van der Waals surface area contributed by atoms with Gasteiger partial charge in [0.25, 0.3) is 11.5 Å². The summed E-state index contributed by atoms with van der Waals surface area (Å²) >= 11 is 0. The molecule has 7 heteroatoms. The Morgan fingerprint density at radius 1 is 1.20 bits per heavy atom. The number of aromatic nitrogens is 1. The van der Waals surface area contributed by atoms with E-state index in [0.717, 1.165) is 5.56 Å². The van der Waals surface area contributed by atoms with Crippen LogP contribution in [0.15, 0.2) is 35.1 Å². The second-order valence-electron chi connectivity index (χ2n) is 5.83. The Morgan fingerprint density at radius 3 is 2.40 bits per heavy atom. The second-order valence-corrected chi connectivity index (χ2v) is 5.83. The van der Waals surface area contributed by atoms with Crippen molar-refractivity contribution in [1.29, 1.82) is 0 Å². The highest BCUT2D eigenvalue weighted by molar-refractivity contribution is 5.95. The third kappa shape index (κ3) is 4.69. The van der Waals surface area contributed by atoms with E-state index in [1.54, 1.807) is 51.2 Å². The number of amides is 1. The van der Waals surface area contributed by atoms with E-state index in [1.807, 2.05) is 0 Å². The summed E-state index contributed by atoms with van der Waals surface area (Å²) in [5.74, 6) is -0.969. The summed E-state index contributed by atoms with van der Waals surface area (Å²) in [7, 11) is 1.62. The van der Waals surface area contributed by atoms with Crippen LogP contribution >= 0.6 is 0 Å². The molecule has 0 saturated heterocycles. The predicted molar refractivity (Wildman–Crippen MR) is 91.9 cm³/mol. The number of ether oxygens (including phenoxy) is 1. The van der Waals surface area contributed by atoms with Gasteiger partial charge in [-0.25, -0.2) is 4.79 Å². The number of aromatic amines is 1. The van der Waals surface area contributed by atoms with Crippen molar-refractivity contribution in [3.8, 4) is 5.75 Å². The number of carboxylic acid groups (broad SMARTS) is 1. The molecule has 0 aliphatic heterocycles. The lowest BCUT2D eigenvalue weighted by molar-refractivity contribution is -0.139. The molecule has 2 rings (SSSR count). The minimum atomic E-state index is -1.05. The fourth-order valence-corrected chi connectivity index (χ4v) is 2.49. The van der Waals surface area contributed by atoms with Gasteiger partial charge in [-0.05, 0) is 43.2 Å². The molecule has 1 aromatic carbocycles. The van der Waals surface area contributed by atoms with Crippen molar-refractivity contribution >= 4 is 11.9 Å². The minimum absolute atomic E-state index is 0.134. The summed E-state index contributed by atoms with van der Waals surface area (Å²) in [5.41, 5.74) is 1.91. The van der Waals surface area contributed by atoms with Crippen molar-refractivity contribution in [2.45, 2.75) is 20.4 Å². The smallest absolute Gasteiger partial charge is 0.341 e. The first-order valence-electron chi connectivity index (χ1n) is 7.67. The first-order chi connectivity index (χ1) is 11.8. The van der Waals surface area contributed by atoms with Crippen LogP contribution in [0.2, 0.25) is 0 Å². The molecule has 0 atom stereocenters. The first-order valence-corrected chi connectivity index (χ1v) is 7.67. The van der Waals surface area contributed by atoms with Crippen LogP contribution in [0.5, 0.6) is 5.75 Å². The molecule has 0 aliphatic rings. The van der Waals surface area contributed by atoms with Crippen molar-refractivity contribution < 1.29 is 19.4 Å². The average Bonchev–Trinajstić information content (AvgIpc) is 2.53. The molecule has 0 bridgehead atoms. The third-order valence-corrected chi connectivity index (χ3v) is 3.63. The second kappa shape index (κ2) is 7.65. The molecule has 1 amide bonds. The van der Waals surface area contributed by atoms with Crippen molar-refractivity contribution in [3.63, 3.8) is 0 Å². The lowest BCUT2D eigenvalue weighted by atomic mass is 10.1. The van der Waals surface area contributed by atoms with E-state index in [1.165, 1.54) is 4.90 Å². The number of rotatable bonds is 6. The van der Waals surface area contributed by atoms with Crippen LogP contribution in [-0.4, -0.2) is 40.5 Å². The van der Waals surface area contributed by atoms with Crippen molar-refractivity contribution in [2.24, 2.45) is 0 Å². The number of carboxylic acids is 1. The molecule has 0 aliphatic carbocycles. The Kier molecular flexibility index (Phi) is 5.59. The van der Waals surface area contributed by atoms with E-state index in [9.17, 15) is 14.4 Å². The Morgan fingerprint density at radius 2 is 1.84 bits per heavy atom. The maximum atomic E-state index is 12.6. The Bertz CT molecular complexity index is 840. The highest BCUT2D eigenvalue weighted by Gasteiger charge is 2.18. The Balaban J connectivity index is 2.09. The molecule has 25 heavy (non-hydrogen) atoms.